The maximum absolute atomic E-state index is 13.4. The van der Waals surface area contributed by atoms with Crippen molar-refractivity contribution in [2.45, 2.75) is 10.7 Å². The first kappa shape index (κ1) is 21.7. The van der Waals surface area contributed by atoms with Crippen LogP contribution in [0.25, 0.3) is 0 Å². The van der Waals surface area contributed by atoms with Crippen LogP contribution in [0, 0.1) is 15.9 Å². The van der Waals surface area contributed by atoms with Gasteiger partial charge in [0.15, 0.2) is 0 Å². The molecular weight excluding hydrogens is 427 g/mol. The van der Waals surface area contributed by atoms with Gasteiger partial charge in [-0.3, -0.25) is 10.1 Å². The number of hydrogen-bond donors (Lipinski definition) is 0. The molecule has 0 saturated carbocycles. The molecule has 0 amide bonds. The van der Waals surface area contributed by atoms with Crippen molar-refractivity contribution in [2.75, 3.05) is 43.1 Å². The second kappa shape index (κ2) is 8.38. The highest BCUT2D eigenvalue weighted by molar-refractivity contribution is 7.91. The molecule has 1 aliphatic heterocycles. The summed E-state index contributed by atoms with van der Waals surface area (Å²) < 4.78 is 67.4. The van der Waals surface area contributed by atoms with Crippen LogP contribution < -0.4 is 14.5 Å². The van der Waals surface area contributed by atoms with Crippen molar-refractivity contribution in [3.05, 3.63) is 52.3 Å². The number of anilines is 2. The van der Waals surface area contributed by atoms with Crippen molar-refractivity contribution >= 4 is 26.9 Å². The third-order valence-electron chi connectivity index (χ3n) is 4.81. The Morgan fingerprint density at radius 2 is 1.60 bits per heavy atom. The minimum atomic E-state index is -4.95. The van der Waals surface area contributed by atoms with E-state index in [4.69, 9.17) is 4.74 Å². The first-order chi connectivity index (χ1) is 14.1. The molecule has 30 heavy (non-hydrogen) atoms. The summed E-state index contributed by atoms with van der Waals surface area (Å²) in [6.45, 7) is 1.52. The van der Waals surface area contributed by atoms with Gasteiger partial charge >= 0.3 is 5.76 Å². The summed E-state index contributed by atoms with van der Waals surface area (Å²) in [5.41, 5.74) is 0.245. The molecule has 0 aromatic heterocycles. The lowest BCUT2D eigenvalue weighted by atomic mass is 10.2. The number of benzene rings is 2. The van der Waals surface area contributed by atoms with Gasteiger partial charge in [0.1, 0.15) is 17.3 Å². The second-order valence-electron chi connectivity index (χ2n) is 6.50. The Bertz CT molecular complexity index is 1060. The normalized spacial score (nSPS) is 14.8. The molecule has 0 atom stereocenters. The molecule has 1 heterocycles. The molecule has 1 fully saturated rings. The molecule has 12 heteroatoms. The van der Waals surface area contributed by atoms with Crippen LogP contribution in [0.15, 0.2) is 41.3 Å². The molecule has 3 rings (SSSR count). The molecule has 1 aliphatic rings. The Balaban J connectivity index is 1.84. The van der Waals surface area contributed by atoms with Crippen LogP contribution >= 0.6 is 0 Å². The molecule has 0 bridgehead atoms. The van der Waals surface area contributed by atoms with E-state index in [-0.39, 0.29) is 5.69 Å². The fourth-order valence-corrected chi connectivity index (χ4v) is 4.04. The van der Waals surface area contributed by atoms with E-state index in [9.17, 15) is 31.7 Å². The monoisotopic (exact) mass is 445 g/mol. The number of methoxy groups -OCH3 is 1. The lowest BCUT2D eigenvalue weighted by Gasteiger charge is -2.37. The molecule has 0 radical (unpaired) electrons. The van der Waals surface area contributed by atoms with Gasteiger partial charge in [0.25, 0.3) is 5.69 Å². The van der Waals surface area contributed by atoms with Gasteiger partial charge in [0.05, 0.1) is 22.6 Å². The fourth-order valence-electron chi connectivity index (χ4n) is 3.30. The maximum atomic E-state index is 13.4. The fraction of sp³-hybridized carbons (Fsp3) is 0.333. The number of alkyl halides is 2. The Labute approximate surface area is 170 Å². The van der Waals surface area contributed by atoms with E-state index in [1.165, 1.54) is 25.3 Å². The average molecular weight is 445 g/mol. The van der Waals surface area contributed by atoms with E-state index in [0.717, 1.165) is 6.07 Å². The predicted molar refractivity (Wildman–Crippen MR) is 104 cm³/mol. The second-order valence-corrected chi connectivity index (χ2v) is 8.42. The smallest absolute Gasteiger partial charge is 0.341 e. The number of piperazine rings is 1. The summed E-state index contributed by atoms with van der Waals surface area (Å²) in [7, 11) is -3.52. The SMILES string of the molecule is COc1cc(F)ccc1N1CCN(c2ccc(S(=O)(=O)C(F)F)cc2[N+](=O)[O-])CC1. The summed E-state index contributed by atoms with van der Waals surface area (Å²) in [6.07, 6.45) is 0. The summed E-state index contributed by atoms with van der Waals surface area (Å²) >= 11 is 0. The summed E-state index contributed by atoms with van der Waals surface area (Å²) in [5.74, 6) is -3.75. The number of nitrogens with zero attached hydrogens (tertiary/aromatic N) is 3. The minimum absolute atomic E-state index is 0.138. The third-order valence-corrected chi connectivity index (χ3v) is 6.19. The van der Waals surface area contributed by atoms with Crippen LogP contribution in [0.2, 0.25) is 0 Å². The van der Waals surface area contributed by atoms with Crippen molar-refractivity contribution < 1.29 is 31.2 Å². The molecule has 2 aromatic rings. The van der Waals surface area contributed by atoms with Gasteiger partial charge < -0.3 is 14.5 Å². The molecule has 0 unspecified atom stereocenters. The molecule has 2 aromatic carbocycles. The highest BCUT2D eigenvalue weighted by atomic mass is 32.2. The molecular formula is C18H18F3N3O5S. The zero-order valence-corrected chi connectivity index (χ0v) is 16.6. The number of rotatable bonds is 6. The van der Waals surface area contributed by atoms with Gasteiger partial charge in [0.2, 0.25) is 9.84 Å². The molecule has 8 nitrogen and oxygen atoms in total. The van der Waals surface area contributed by atoms with Gasteiger partial charge in [-0.1, -0.05) is 0 Å². The molecule has 0 spiro atoms. The zero-order valence-electron chi connectivity index (χ0n) is 15.8. The standard InChI is InChI=1S/C18H18F3N3O5S/c1-29-17-10-12(19)2-4-15(17)23-8-6-22(7-9-23)14-5-3-13(11-16(14)24(25)26)30(27,28)18(20)21/h2-5,10-11,18H,6-9H2,1H3. The van der Waals surface area contributed by atoms with Crippen LogP contribution in [0.4, 0.5) is 30.2 Å². The lowest BCUT2D eigenvalue weighted by molar-refractivity contribution is -0.384. The first-order valence-corrected chi connectivity index (χ1v) is 10.3. The molecule has 1 saturated heterocycles. The quantitative estimate of drug-likeness (QED) is 0.498. The van der Waals surface area contributed by atoms with Gasteiger partial charge in [-0.2, -0.15) is 8.78 Å². The number of nitro groups is 1. The summed E-state index contributed by atoms with van der Waals surface area (Å²) in [5, 5.41) is 11.4. The largest absolute Gasteiger partial charge is 0.494 e. The van der Waals surface area contributed by atoms with E-state index in [0.29, 0.717) is 43.7 Å². The number of hydrogen-bond acceptors (Lipinski definition) is 7. The number of nitro benzene ring substituents is 1. The van der Waals surface area contributed by atoms with Crippen LogP contribution in [-0.2, 0) is 9.84 Å². The highest BCUT2D eigenvalue weighted by Crippen LogP contribution is 2.35. The van der Waals surface area contributed by atoms with Gasteiger partial charge in [-0.15, -0.1) is 0 Å². The van der Waals surface area contributed by atoms with Crippen molar-refractivity contribution in [1.29, 1.82) is 0 Å². The molecule has 0 aliphatic carbocycles. The highest BCUT2D eigenvalue weighted by Gasteiger charge is 2.31. The minimum Gasteiger partial charge on any atom is -0.494 e. The van der Waals surface area contributed by atoms with Crippen LogP contribution in [0.1, 0.15) is 0 Å². The predicted octanol–water partition coefficient (Wildman–Crippen LogP) is 3.07. The Kier molecular flexibility index (Phi) is 6.06. The van der Waals surface area contributed by atoms with Gasteiger partial charge in [0, 0.05) is 38.3 Å². The third kappa shape index (κ3) is 4.13. The van der Waals surface area contributed by atoms with Crippen LogP contribution in [0.5, 0.6) is 5.75 Å². The van der Waals surface area contributed by atoms with Crippen LogP contribution in [-0.4, -0.2) is 52.4 Å². The topological polar surface area (TPSA) is 93.0 Å². The van der Waals surface area contributed by atoms with E-state index < -0.39 is 36.9 Å². The lowest BCUT2D eigenvalue weighted by Crippen LogP contribution is -2.46. The van der Waals surface area contributed by atoms with E-state index in [1.807, 2.05) is 4.90 Å². The Morgan fingerprint density at radius 3 is 2.13 bits per heavy atom. The van der Waals surface area contributed by atoms with E-state index in [1.54, 1.807) is 11.0 Å². The number of sulfone groups is 1. The van der Waals surface area contributed by atoms with Crippen molar-refractivity contribution in [3.8, 4) is 5.75 Å². The van der Waals surface area contributed by atoms with E-state index in [2.05, 4.69) is 0 Å². The van der Waals surface area contributed by atoms with Crippen LogP contribution in [0.3, 0.4) is 0 Å². The maximum Gasteiger partial charge on any atom is 0.341 e. The average Bonchev–Trinajstić information content (AvgIpc) is 2.73. The molecule has 0 N–H and O–H groups in total. The van der Waals surface area contributed by atoms with Gasteiger partial charge in [-0.05, 0) is 24.3 Å². The summed E-state index contributed by atoms with van der Waals surface area (Å²) in [4.78, 5) is 13.4. The van der Waals surface area contributed by atoms with E-state index >= 15 is 0 Å². The molecule has 162 valence electrons. The number of halogens is 3. The van der Waals surface area contributed by atoms with Crippen molar-refractivity contribution in [1.82, 2.24) is 0 Å². The van der Waals surface area contributed by atoms with Gasteiger partial charge in [-0.25, -0.2) is 12.8 Å². The zero-order chi connectivity index (χ0) is 22.1. The van der Waals surface area contributed by atoms with Crippen molar-refractivity contribution in [3.63, 3.8) is 0 Å². The summed E-state index contributed by atoms with van der Waals surface area (Å²) in [6, 6.07) is 6.91. The number of ether oxygens (including phenoxy) is 1. The Hall–Kier alpha value is -3.02. The van der Waals surface area contributed by atoms with Crippen molar-refractivity contribution in [2.24, 2.45) is 0 Å². The Morgan fingerprint density at radius 1 is 1.03 bits per heavy atom. The first-order valence-electron chi connectivity index (χ1n) is 8.79.